The highest BCUT2D eigenvalue weighted by Gasteiger charge is 2.28. The second-order valence-corrected chi connectivity index (χ2v) is 12.7. The average Bonchev–Trinajstić information content (AvgIpc) is 3.39. The summed E-state index contributed by atoms with van der Waals surface area (Å²) in [5.41, 5.74) is 15.5. The van der Waals surface area contributed by atoms with Gasteiger partial charge in [-0.1, -0.05) is 31.2 Å². The van der Waals surface area contributed by atoms with Crippen LogP contribution in [-0.2, 0) is 12.8 Å². The number of aryl methyl sites for hydroxylation is 6. The van der Waals surface area contributed by atoms with Crippen LogP contribution in [-0.4, -0.2) is 28.3 Å². The van der Waals surface area contributed by atoms with Crippen molar-refractivity contribution in [2.24, 2.45) is 0 Å². The molecule has 2 N–H and O–H groups in total. The number of anilines is 2. The number of carbonyl (C=O) groups is 2. The van der Waals surface area contributed by atoms with E-state index < -0.39 is 0 Å². The molecule has 0 atom stereocenters. The van der Waals surface area contributed by atoms with Crippen LogP contribution < -0.4 is 10.2 Å². The van der Waals surface area contributed by atoms with Gasteiger partial charge in [-0.2, -0.15) is 0 Å². The van der Waals surface area contributed by atoms with E-state index in [0.29, 0.717) is 29.8 Å². The number of H-pyrrole nitrogens is 1. The van der Waals surface area contributed by atoms with E-state index in [1.165, 1.54) is 16.7 Å². The smallest absolute Gasteiger partial charge is 0.258 e. The van der Waals surface area contributed by atoms with Crippen LogP contribution in [0, 0.1) is 48.5 Å². The molecular weight excluding hydrogens is 568 g/mol. The topological polar surface area (TPSA) is 78.1 Å². The van der Waals surface area contributed by atoms with Crippen LogP contribution >= 0.6 is 0 Å². The minimum absolute atomic E-state index is 0.0716. The molecule has 0 unspecified atom stereocenters. The number of imidazole rings is 1. The van der Waals surface area contributed by atoms with E-state index in [-0.39, 0.29) is 11.8 Å². The third-order valence-corrected chi connectivity index (χ3v) is 9.73. The van der Waals surface area contributed by atoms with Crippen LogP contribution in [0.1, 0.15) is 78.1 Å². The number of nitrogens with one attached hydrogen (secondary N) is 2. The monoisotopic (exact) mass is 610 g/mol. The Balaban J connectivity index is 1.31. The van der Waals surface area contributed by atoms with E-state index in [2.05, 4.69) is 83.0 Å². The van der Waals surface area contributed by atoms with E-state index in [1.807, 2.05) is 48.2 Å². The Morgan fingerprint density at radius 2 is 1.54 bits per heavy atom. The van der Waals surface area contributed by atoms with Gasteiger partial charge in [-0.3, -0.25) is 9.59 Å². The highest BCUT2D eigenvalue weighted by Crippen LogP contribution is 2.39. The summed E-state index contributed by atoms with van der Waals surface area (Å²) in [4.78, 5) is 38.3. The zero-order chi connectivity index (χ0) is 32.9. The number of rotatable bonds is 5. The number of aromatic amines is 1. The van der Waals surface area contributed by atoms with Crippen molar-refractivity contribution in [2.75, 3.05) is 16.8 Å². The molecule has 0 aliphatic carbocycles. The minimum atomic E-state index is -0.173. The van der Waals surface area contributed by atoms with Crippen molar-refractivity contribution < 1.29 is 9.59 Å². The molecule has 4 aromatic carbocycles. The Morgan fingerprint density at radius 1 is 0.804 bits per heavy atom. The van der Waals surface area contributed by atoms with Gasteiger partial charge in [0.2, 0.25) is 0 Å². The number of carbonyl (C=O) groups excluding carboxylic acids is 2. The molecule has 46 heavy (non-hydrogen) atoms. The van der Waals surface area contributed by atoms with E-state index in [0.717, 1.165) is 68.3 Å². The maximum atomic E-state index is 14.2. The predicted octanol–water partition coefficient (Wildman–Crippen LogP) is 8.92. The highest BCUT2D eigenvalue weighted by atomic mass is 16.2. The molecule has 0 bridgehead atoms. The first kappa shape index (κ1) is 31.0. The van der Waals surface area contributed by atoms with E-state index >= 15 is 0 Å². The standard InChI is InChI=1S/C40H42N4O2/c1-9-36-41-34-17-18-44(35-21-25(5)24(4)20-32(35)38(34)43-36)40(46)29-14-16-33(26(6)19-29)42-39(45)31-15-13-23(3)28(8)37(31)30-12-10-11-22(2)27(30)7/h10-16,19-21H,9,17-18H2,1-8H3,(H,41,43)(H,42,45). The molecule has 6 rings (SSSR count). The lowest BCUT2D eigenvalue weighted by Gasteiger charge is -2.24. The van der Waals surface area contributed by atoms with Crippen molar-refractivity contribution in [1.29, 1.82) is 0 Å². The molecule has 0 radical (unpaired) electrons. The molecule has 6 nitrogen and oxygen atoms in total. The van der Waals surface area contributed by atoms with Crippen LogP contribution in [0.15, 0.2) is 60.7 Å². The first-order chi connectivity index (χ1) is 22.0. The molecule has 5 aromatic rings. The van der Waals surface area contributed by atoms with Crippen LogP contribution in [0.3, 0.4) is 0 Å². The fourth-order valence-electron chi connectivity index (χ4n) is 6.46. The lowest BCUT2D eigenvalue weighted by molar-refractivity contribution is 0.0986. The summed E-state index contributed by atoms with van der Waals surface area (Å²) < 4.78 is 0. The summed E-state index contributed by atoms with van der Waals surface area (Å²) >= 11 is 0. The van der Waals surface area contributed by atoms with Crippen molar-refractivity contribution >= 4 is 23.2 Å². The third kappa shape index (κ3) is 5.42. The van der Waals surface area contributed by atoms with Crippen molar-refractivity contribution in [1.82, 2.24) is 9.97 Å². The maximum absolute atomic E-state index is 14.2. The van der Waals surface area contributed by atoms with Crippen LogP contribution in [0.4, 0.5) is 11.4 Å². The van der Waals surface area contributed by atoms with Gasteiger partial charge in [0.15, 0.2) is 0 Å². The van der Waals surface area contributed by atoms with Crippen molar-refractivity contribution in [3.05, 3.63) is 122 Å². The van der Waals surface area contributed by atoms with Gasteiger partial charge in [-0.25, -0.2) is 4.98 Å². The number of benzene rings is 4. The summed E-state index contributed by atoms with van der Waals surface area (Å²) in [6, 6.07) is 19.9. The predicted molar refractivity (Wildman–Crippen MR) is 188 cm³/mol. The Morgan fingerprint density at radius 3 is 2.28 bits per heavy atom. The molecule has 1 aromatic heterocycles. The van der Waals surface area contributed by atoms with Crippen LogP contribution in [0.5, 0.6) is 0 Å². The fraction of sp³-hybridized carbons (Fsp3) is 0.275. The van der Waals surface area contributed by atoms with Gasteiger partial charge in [0, 0.05) is 47.5 Å². The van der Waals surface area contributed by atoms with Gasteiger partial charge < -0.3 is 15.2 Å². The zero-order valence-electron chi connectivity index (χ0n) is 28.1. The SMILES string of the molecule is CCc1nc2c([nH]1)CCN(C(=O)c1ccc(NC(=O)c3ccc(C)c(C)c3-c3cccc(C)c3C)c(C)c1)c1cc(C)c(C)cc1-2. The van der Waals surface area contributed by atoms with E-state index in [1.54, 1.807) is 0 Å². The Hall–Kier alpha value is -4.97. The Labute approximate surface area is 271 Å². The van der Waals surface area contributed by atoms with Gasteiger partial charge >= 0.3 is 0 Å². The minimum Gasteiger partial charge on any atom is -0.345 e. The maximum Gasteiger partial charge on any atom is 0.258 e. The lowest BCUT2D eigenvalue weighted by Crippen LogP contribution is -2.32. The molecule has 0 saturated heterocycles. The van der Waals surface area contributed by atoms with Gasteiger partial charge in [0.05, 0.1) is 11.4 Å². The molecule has 2 amide bonds. The molecular formula is C40H42N4O2. The number of amides is 2. The van der Waals surface area contributed by atoms with E-state index in [9.17, 15) is 9.59 Å². The first-order valence-electron chi connectivity index (χ1n) is 16.1. The third-order valence-electron chi connectivity index (χ3n) is 9.73. The fourth-order valence-corrected chi connectivity index (χ4v) is 6.46. The Bertz CT molecular complexity index is 2030. The molecule has 6 heteroatoms. The second-order valence-electron chi connectivity index (χ2n) is 12.7. The molecule has 0 saturated carbocycles. The number of aromatic nitrogens is 2. The van der Waals surface area contributed by atoms with Crippen molar-refractivity contribution in [2.45, 2.75) is 68.2 Å². The summed E-state index contributed by atoms with van der Waals surface area (Å²) in [6.45, 7) is 17.1. The van der Waals surface area contributed by atoms with Gasteiger partial charge in [0.1, 0.15) is 5.82 Å². The second kappa shape index (κ2) is 12.1. The summed E-state index contributed by atoms with van der Waals surface area (Å²) in [7, 11) is 0. The summed E-state index contributed by atoms with van der Waals surface area (Å²) in [5, 5.41) is 3.15. The first-order valence-corrected chi connectivity index (χ1v) is 16.1. The van der Waals surface area contributed by atoms with Crippen molar-refractivity contribution in [3.63, 3.8) is 0 Å². The molecule has 2 heterocycles. The quantitative estimate of drug-likeness (QED) is 0.209. The van der Waals surface area contributed by atoms with E-state index in [4.69, 9.17) is 4.98 Å². The van der Waals surface area contributed by atoms with Gasteiger partial charge in [-0.15, -0.1) is 0 Å². The van der Waals surface area contributed by atoms with Gasteiger partial charge in [-0.05, 0) is 135 Å². The molecule has 1 aliphatic heterocycles. The molecule has 0 spiro atoms. The molecule has 1 aliphatic rings. The number of hydrogen-bond acceptors (Lipinski definition) is 3. The average molecular weight is 611 g/mol. The number of hydrogen-bond donors (Lipinski definition) is 2. The van der Waals surface area contributed by atoms with Crippen LogP contribution in [0.2, 0.25) is 0 Å². The number of fused-ring (bicyclic) bond motifs is 3. The normalized spacial score (nSPS) is 12.4. The zero-order valence-corrected chi connectivity index (χ0v) is 28.1. The lowest BCUT2D eigenvalue weighted by atomic mass is 9.88. The largest absolute Gasteiger partial charge is 0.345 e. The summed E-state index contributed by atoms with van der Waals surface area (Å²) in [6.07, 6.45) is 1.51. The molecule has 234 valence electrons. The van der Waals surface area contributed by atoms with Gasteiger partial charge in [0.25, 0.3) is 11.8 Å². The number of nitrogens with zero attached hydrogens (tertiary/aromatic N) is 2. The van der Waals surface area contributed by atoms with Crippen LogP contribution in [0.25, 0.3) is 22.4 Å². The summed E-state index contributed by atoms with van der Waals surface area (Å²) in [5.74, 6) is 0.718. The molecule has 0 fully saturated rings. The highest BCUT2D eigenvalue weighted by molar-refractivity contribution is 6.11. The van der Waals surface area contributed by atoms with Crippen molar-refractivity contribution in [3.8, 4) is 22.4 Å². The Kier molecular flexibility index (Phi) is 8.15.